The van der Waals surface area contributed by atoms with Gasteiger partial charge in [-0.1, -0.05) is 13.8 Å². The Morgan fingerprint density at radius 1 is 0.636 bits per heavy atom. The van der Waals surface area contributed by atoms with Crippen molar-refractivity contribution >= 4 is 11.8 Å². The van der Waals surface area contributed by atoms with E-state index < -0.39 is 0 Å². The van der Waals surface area contributed by atoms with E-state index in [9.17, 15) is 9.59 Å². The van der Waals surface area contributed by atoms with Gasteiger partial charge in [0.05, 0.1) is 0 Å². The molecule has 0 radical (unpaired) electrons. The molecule has 3 rings (SSSR count). The maximum Gasteiger partial charge on any atom is 0.312 e. The van der Waals surface area contributed by atoms with Gasteiger partial charge in [-0.25, -0.2) is 0 Å². The minimum atomic E-state index is -0.315. The van der Waals surface area contributed by atoms with Gasteiger partial charge in [-0.3, -0.25) is 9.59 Å². The number of nitrogens with zero attached hydrogens (tertiary/aromatic N) is 4. The number of piperazine rings is 1. The molecule has 3 saturated heterocycles. The zero-order valence-electron chi connectivity index (χ0n) is 14.1. The predicted molar refractivity (Wildman–Crippen MR) is 86.6 cm³/mol. The van der Waals surface area contributed by atoms with E-state index in [4.69, 9.17) is 0 Å². The summed E-state index contributed by atoms with van der Waals surface area (Å²) in [5, 5.41) is 0. The molecule has 2 amide bonds. The summed E-state index contributed by atoms with van der Waals surface area (Å²) in [7, 11) is 0. The first kappa shape index (κ1) is 17.2. The van der Waals surface area contributed by atoms with Gasteiger partial charge < -0.3 is 19.6 Å². The average Bonchev–Trinajstić information content (AvgIpc) is 2.50. The summed E-state index contributed by atoms with van der Waals surface area (Å²) in [5.74, 6) is -0.629. The molecule has 22 heavy (non-hydrogen) atoms. The number of hydrogen-bond acceptors (Lipinski definition) is 4. The van der Waals surface area contributed by atoms with Gasteiger partial charge in [0.25, 0.3) is 0 Å². The van der Waals surface area contributed by atoms with Crippen LogP contribution in [0.4, 0.5) is 0 Å². The molecule has 0 aromatic rings. The summed E-state index contributed by atoms with van der Waals surface area (Å²) in [5.41, 5.74) is 0. The number of amides is 2. The normalized spacial score (nSPS) is 22.8. The fourth-order valence-electron chi connectivity index (χ4n) is 3.25. The lowest BCUT2D eigenvalue weighted by Crippen LogP contribution is -2.57. The van der Waals surface area contributed by atoms with Crippen LogP contribution < -0.4 is 0 Å². The second kappa shape index (κ2) is 8.48. The number of fused-ring (bicyclic) bond motifs is 9. The van der Waals surface area contributed by atoms with Crippen LogP contribution in [-0.4, -0.2) is 96.9 Å². The first-order valence-corrected chi connectivity index (χ1v) is 8.68. The molecule has 126 valence electrons. The molecule has 0 aliphatic carbocycles. The van der Waals surface area contributed by atoms with E-state index in [1.54, 1.807) is 9.80 Å². The van der Waals surface area contributed by atoms with E-state index in [2.05, 4.69) is 23.6 Å². The Bertz CT molecular complexity index is 352. The third-order valence-corrected chi connectivity index (χ3v) is 4.58. The standard InChI is InChI=1S/C16H30N4O2/c1-3-5-17-7-8-18(6-4-2)10-12-20-14-13-19(11-9-17)15(21)16(20)22/h3-14H2,1-2H3. The largest absolute Gasteiger partial charge is 0.331 e. The number of carbonyl (C=O) groups is 2. The molecule has 0 aromatic carbocycles. The van der Waals surface area contributed by atoms with Crippen LogP contribution in [-0.2, 0) is 9.59 Å². The van der Waals surface area contributed by atoms with Crippen LogP contribution in [0, 0.1) is 0 Å². The first-order valence-electron chi connectivity index (χ1n) is 8.68. The van der Waals surface area contributed by atoms with Crippen LogP contribution >= 0.6 is 0 Å². The minimum Gasteiger partial charge on any atom is -0.331 e. The van der Waals surface area contributed by atoms with E-state index in [1.165, 1.54) is 0 Å². The molecule has 0 spiro atoms. The summed E-state index contributed by atoms with van der Waals surface area (Å²) < 4.78 is 0. The molecule has 3 heterocycles. The Kier molecular flexibility index (Phi) is 6.64. The van der Waals surface area contributed by atoms with Crippen LogP contribution in [0.15, 0.2) is 0 Å². The van der Waals surface area contributed by atoms with Gasteiger partial charge in [-0.05, 0) is 25.9 Å². The van der Waals surface area contributed by atoms with E-state index in [1.807, 2.05) is 0 Å². The number of hydrogen-bond donors (Lipinski definition) is 0. The topological polar surface area (TPSA) is 47.1 Å². The van der Waals surface area contributed by atoms with E-state index in [0.29, 0.717) is 26.2 Å². The van der Waals surface area contributed by atoms with Gasteiger partial charge in [0.1, 0.15) is 0 Å². The summed E-state index contributed by atoms with van der Waals surface area (Å²) in [6, 6.07) is 0. The molecule has 0 atom stereocenters. The van der Waals surface area contributed by atoms with Crippen LogP contribution in [0.3, 0.4) is 0 Å². The maximum atomic E-state index is 12.2. The van der Waals surface area contributed by atoms with Crippen LogP contribution in [0.2, 0.25) is 0 Å². The summed E-state index contributed by atoms with van der Waals surface area (Å²) in [6.07, 6.45) is 2.24. The molecule has 0 N–H and O–H groups in total. The second-order valence-corrected chi connectivity index (χ2v) is 6.27. The number of carbonyl (C=O) groups excluding carboxylic acids is 2. The molecular formula is C16H30N4O2. The maximum absolute atomic E-state index is 12.2. The van der Waals surface area contributed by atoms with Gasteiger partial charge in [0.15, 0.2) is 0 Å². The third kappa shape index (κ3) is 4.43. The lowest BCUT2D eigenvalue weighted by Gasteiger charge is -2.37. The molecular weight excluding hydrogens is 280 g/mol. The van der Waals surface area contributed by atoms with E-state index in [-0.39, 0.29) is 11.8 Å². The van der Waals surface area contributed by atoms with E-state index >= 15 is 0 Å². The van der Waals surface area contributed by atoms with Crippen molar-refractivity contribution in [2.45, 2.75) is 26.7 Å². The lowest BCUT2D eigenvalue weighted by molar-refractivity contribution is -0.156. The van der Waals surface area contributed by atoms with Crippen molar-refractivity contribution in [2.24, 2.45) is 0 Å². The molecule has 6 heteroatoms. The predicted octanol–water partition coefficient (Wildman–Crippen LogP) is 0.0948. The van der Waals surface area contributed by atoms with Crippen LogP contribution in [0.25, 0.3) is 0 Å². The van der Waals surface area contributed by atoms with Crippen LogP contribution in [0.1, 0.15) is 26.7 Å². The molecule has 2 bridgehead atoms. The Morgan fingerprint density at radius 3 is 1.32 bits per heavy atom. The zero-order chi connectivity index (χ0) is 15.9. The Morgan fingerprint density at radius 2 is 0.955 bits per heavy atom. The van der Waals surface area contributed by atoms with Crippen molar-refractivity contribution in [1.82, 2.24) is 19.6 Å². The van der Waals surface area contributed by atoms with Crippen molar-refractivity contribution in [3.05, 3.63) is 0 Å². The molecule has 0 aromatic heterocycles. The van der Waals surface area contributed by atoms with Gasteiger partial charge in [0, 0.05) is 52.4 Å². The smallest absolute Gasteiger partial charge is 0.312 e. The molecule has 3 fully saturated rings. The molecule has 0 saturated carbocycles. The summed E-state index contributed by atoms with van der Waals surface area (Å²) in [4.78, 5) is 32.7. The van der Waals surface area contributed by atoms with Gasteiger partial charge >= 0.3 is 11.8 Å². The highest BCUT2D eigenvalue weighted by atomic mass is 16.2. The zero-order valence-corrected chi connectivity index (χ0v) is 14.1. The summed E-state index contributed by atoms with van der Waals surface area (Å²) in [6.45, 7) is 13.0. The summed E-state index contributed by atoms with van der Waals surface area (Å²) >= 11 is 0. The first-order chi connectivity index (χ1) is 10.7. The Labute approximate surface area is 134 Å². The molecule has 3 aliphatic heterocycles. The van der Waals surface area contributed by atoms with Crippen molar-refractivity contribution in [2.75, 3.05) is 65.4 Å². The lowest BCUT2D eigenvalue weighted by atomic mass is 10.2. The fraction of sp³-hybridized carbons (Fsp3) is 0.875. The highest BCUT2D eigenvalue weighted by Crippen LogP contribution is 2.08. The van der Waals surface area contributed by atoms with Crippen molar-refractivity contribution < 1.29 is 9.59 Å². The average molecular weight is 310 g/mol. The second-order valence-electron chi connectivity index (χ2n) is 6.27. The minimum absolute atomic E-state index is 0.315. The monoisotopic (exact) mass is 310 g/mol. The molecule has 0 unspecified atom stereocenters. The van der Waals surface area contributed by atoms with Crippen molar-refractivity contribution in [1.29, 1.82) is 0 Å². The SMILES string of the molecule is CCCN1CCN(CCC)CCN2CCN(CC1)C(=O)C2=O. The van der Waals surface area contributed by atoms with Gasteiger partial charge in [-0.15, -0.1) is 0 Å². The third-order valence-electron chi connectivity index (χ3n) is 4.58. The quantitative estimate of drug-likeness (QED) is 0.691. The van der Waals surface area contributed by atoms with Crippen molar-refractivity contribution in [3.63, 3.8) is 0 Å². The Hall–Kier alpha value is -1.14. The molecule has 6 nitrogen and oxygen atoms in total. The highest BCUT2D eigenvalue weighted by molar-refractivity contribution is 6.35. The van der Waals surface area contributed by atoms with Gasteiger partial charge in [-0.2, -0.15) is 0 Å². The number of rotatable bonds is 4. The van der Waals surface area contributed by atoms with Gasteiger partial charge in [0.2, 0.25) is 0 Å². The Balaban J connectivity index is 2.07. The van der Waals surface area contributed by atoms with Crippen molar-refractivity contribution in [3.8, 4) is 0 Å². The van der Waals surface area contributed by atoms with E-state index in [0.717, 1.165) is 52.1 Å². The molecule has 3 aliphatic rings. The highest BCUT2D eigenvalue weighted by Gasteiger charge is 2.32. The van der Waals surface area contributed by atoms with Crippen LogP contribution in [0.5, 0.6) is 0 Å². The fourth-order valence-corrected chi connectivity index (χ4v) is 3.25.